The van der Waals surface area contributed by atoms with Crippen LogP contribution >= 0.6 is 0 Å². The summed E-state index contributed by atoms with van der Waals surface area (Å²) in [6, 6.07) is -0.0568. The molecule has 14 heavy (non-hydrogen) atoms. The van der Waals surface area contributed by atoms with Gasteiger partial charge < -0.3 is 4.74 Å². The average molecular weight is 197 g/mol. The molecule has 0 saturated heterocycles. The van der Waals surface area contributed by atoms with E-state index in [1.54, 1.807) is 13.1 Å². The Morgan fingerprint density at radius 1 is 1.71 bits per heavy atom. The first kappa shape index (κ1) is 10.8. The molecule has 0 fully saturated rings. The van der Waals surface area contributed by atoms with Gasteiger partial charge in [0.1, 0.15) is 0 Å². The fourth-order valence-electron chi connectivity index (χ4n) is 1.51. The number of allylic oxidation sites excluding steroid dienone is 1. The number of amides is 1. The second-order valence-electron chi connectivity index (χ2n) is 3.38. The molecule has 0 spiro atoms. The summed E-state index contributed by atoms with van der Waals surface area (Å²) >= 11 is 0. The number of ether oxygens (including phenoxy) is 1. The van der Waals surface area contributed by atoms with Gasteiger partial charge in [0.15, 0.2) is 5.78 Å². The molecule has 1 amide bonds. The van der Waals surface area contributed by atoms with Crippen LogP contribution in [-0.2, 0) is 9.53 Å². The highest BCUT2D eigenvalue weighted by atomic mass is 16.5. The van der Waals surface area contributed by atoms with Crippen LogP contribution in [0.3, 0.4) is 0 Å². The Labute approximate surface area is 83.5 Å². The lowest BCUT2D eigenvalue weighted by atomic mass is 9.99. The van der Waals surface area contributed by atoms with Crippen LogP contribution in [-0.4, -0.2) is 29.9 Å². The molecule has 0 aliphatic carbocycles. The number of ketones is 1. The lowest BCUT2D eigenvalue weighted by Crippen LogP contribution is -2.40. The SMILES string of the molecule is CC[C@H]1CC(=O)C(C)=CN1C(=O)OC. The number of rotatable bonds is 1. The van der Waals surface area contributed by atoms with E-state index >= 15 is 0 Å². The van der Waals surface area contributed by atoms with Gasteiger partial charge in [-0.1, -0.05) is 6.92 Å². The van der Waals surface area contributed by atoms with E-state index in [1.807, 2.05) is 6.92 Å². The van der Waals surface area contributed by atoms with Crippen molar-refractivity contribution in [2.24, 2.45) is 0 Å². The van der Waals surface area contributed by atoms with Crippen LogP contribution in [0.2, 0.25) is 0 Å². The fraction of sp³-hybridized carbons (Fsp3) is 0.600. The molecule has 1 heterocycles. The predicted molar refractivity (Wildman–Crippen MR) is 51.7 cm³/mol. The molecular formula is C10H15NO3. The van der Waals surface area contributed by atoms with E-state index in [4.69, 9.17) is 0 Å². The highest BCUT2D eigenvalue weighted by Crippen LogP contribution is 2.20. The first-order valence-electron chi connectivity index (χ1n) is 4.68. The molecule has 0 bridgehead atoms. The number of carbonyl (C=O) groups is 2. The normalized spacial score (nSPS) is 21.9. The molecule has 0 aromatic heterocycles. The average Bonchev–Trinajstić information content (AvgIpc) is 2.20. The van der Waals surface area contributed by atoms with E-state index in [-0.39, 0.29) is 11.8 Å². The van der Waals surface area contributed by atoms with E-state index in [0.717, 1.165) is 6.42 Å². The molecule has 0 N–H and O–H groups in total. The van der Waals surface area contributed by atoms with Crippen LogP contribution in [0.15, 0.2) is 11.8 Å². The zero-order chi connectivity index (χ0) is 10.7. The van der Waals surface area contributed by atoms with Gasteiger partial charge in [-0.3, -0.25) is 9.69 Å². The molecule has 78 valence electrons. The number of nitrogens with zero attached hydrogens (tertiary/aromatic N) is 1. The van der Waals surface area contributed by atoms with Crippen molar-refractivity contribution in [1.29, 1.82) is 0 Å². The zero-order valence-electron chi connectivity index (χ0n) is 8.74. The maximum absolute atomic E-state index is 11.4. The first-order chi connectivity index (χ1) is 6.60. The molecule has 1 aliphatic heterocycles. The van der Waals surface area contributed by atoms with Crippen LogP contribution in [0.1, 0.15) is 26.7 Å². The van der Waals surface area contributed by atoms with Gasteiger partial charge in [0, 0.05) is 24.2 Å². The van der Waals surface area contributed by atoms with Gasteiger partial charge >= 0.3 is 6.09 Å². The minimum atomic E-state index is -0.399. The Morgan fingerprint density at radius 3 is 2.86 bits per heavy atom. The molecule has 0 saturated carbocycles. The molecule has 0 aromatic rings. The van der Waals surface area contributed by atoms with Crippen LogP contribution in [0.4, 0.5) is 4.79 Å². The Bertz CT molecular complexity index is 283. The van der Waals surface area contributed by atoms with Gasteiger partial charge in [0.05, 0.1) is 7.11 Å². The standard InChI is InChI=1S/C10H15NO3/c1-4-8-5-9(12)7(2)6-11(8)10(13)14-3/h6,8H,4-5H2,1-3H3/t8-/m0/s1. The van der Waals surface area contributed by atoms with Crippen molar-refractivity contribution in [1.82, 2.24) is 4.90 Å². The smallest absolute Gasteiger partial charge is 0.413 e. The van der Waals surface area contributed by atoms with Gasteiger partial charge in [0.2, 0.25) is 0 Å². The lowest BCUT2D eigenvalue weighted by Gasteiger charge is -2.30. The molecule has 4 heteroatoms. The van der Waals surface area contributed by atoms with Crippen molar-refractivity contribution in [2.45, 2.75) is 32.7 Å². The summed E-state index contributed by atoms with van der Waals surface area (Å²) in [6.07, 6.45) is 2.33. The van der Waals surface area contributed by atoms with E-state index in [2.05, 4.69) is 4.74 Å². The predicted octanol–water partition coefficient (Wildman–Crippen LogP) is 1.71. The summed E-state index contributed by atoms with van der Waals surface area (Å²) in [7, 11) is 1.34. The summed E-state index contributed by atoms with van der Waals surface area (Å²) in [5.74, 6) is 0.108. The van der Waals surface area contributed by atoms with Crippen molar-refractivity contribution >= 4 is 11.9 Å². The molecule has 4 nitrogen and oxygen atoms in total. The number of hydrogen-bond donors (Lipinski definition) is 0. The Hall–Kier alpha value is -1.32. The van der Waals surface area contributed by atoms with Crippen molar-refractivity contribution < 1.29 is 14.3 Å². The minimum Gasteiger partial charge on any atom is -0.452 e. The fourth-order valence-corrected chi connectivity index (χ4v) is 1.51. The summed E-state index contributed by atoms with van der Waals surface area (Å²) in [4.78, 5) is 24.2. The highest BCUT2D eigenvalue weighted by molar-refractivity contribution is 5.96. The number of Topliss-reactive ketones (excluding diaryl/α,β-unsaturated/α-hetero) is 1. The van der Waals surface area contributed by atoms with E-state index in [0.29, 0.717) is 12.0 Å². The van der Waals surface area contributed by atoms with Crippen LogP contribution in [0.5, 0.6) is 0 Å². The number of hydrogen-bond acceptors (Lipinski definition) is 3. The van der Waals surface area contributed by atoms with Crippen molar-refractivity contribution in [3.05, 3.63) is 11.8 Å². The maximum Gasteiger partial charge on any atom is 0.413 e. The Balaban J connectivity index is 2.90. The topological polar surface area (TPSA) is 46.6 Å². The third kappa shape index (κ3) is 1.95. The van der Waals surface area contributed by atoms with Crippen molar-refractivity contribution in [3.63, 3.8) is 0 Å². The molecule has 0 aromatic carbocycles. The van der Waals surface area contributed by atoms with Crippen LogP contribution < -0.4 is 0 Å². The lowest BCUT2D eigenvalue weighted by molar-refractivity contribution is -0.117. The van der Waals surface area contributed by atoms with Crippen LogP contribution in [0.25, 0.3) is 0 Å². The summed E-state index contributed by atoms with van der Waals surface area (Å²) in [5.41, 5.74) is 0.611. The Morgan fingerprint density at radius 2 is 2.36 bits per heavy atom. The van der Waals surface area contributed by atoms with Gasteiger partial charge in [0.25, 0.3) is 0 Å². The summed E-state index contributed by atoms with van der Waals surface area (Å²) < 4.78 is 4.64. The monoisotopic (exact) mass is 197 g/mol. The highest BCUT2D eigenvalue weighted by Gasteiger charge is 2.28. The Kier molecular flexibility index (Phi) is 3.28. The first-order valence-corrected chi connectivity index (χ1v) is 4.68. The second-order valence-corrected chi connectivity index (χ2v) is 3.38. The van der Waals surface area contributed by atoms with Gasteiger partial charge in [-0.2, -0.15) is 0 Å². The third-order valence-electron chi connectivity index (χ3n) is 2.44. The molecule has 0 unspecified atom stereocenters. The van der Waals surface area contributed by atoms with Crippen molar-refractivity contribution in [3.8, 4) is 0 Å². The van der Waals surface area contributed by atoms with E-state index < -0.39 is 6.09 Å². The van der Waals surface area contributed by atoms with Gasteiger partial charge in [-0.15, -0.1) is 0 Å². The third-order valence-corrected chi connectivity index (χ3v) is 2.44. The van der Waals surface area contributed by atoms with E-state index in [9.17, 15) is 9.59 Å². The van der Waals surface area contributed by atoms with Gasteiger partial charge in [-0.25, -0.2) is 4.79 Å². The van der Waals surface area contributed by atoms with E-state index in [1.165, 1.54) is 12.0 Å². The van der Waals surface area contributed by atoms with Crippen LogP contribution in [0, 0.1) is 0 Å². The molecular weight excluding hydrogens is 182 g/mol. The maximum atomic E-state index is 11.4. The largest absolute Gasteiger partial charge is 0.452 e. The second kappa shape index (κ2) is 4.26. The van der Waals surface area contributed by atoms with Crippen molar-refractivity contribution in [2.75, 3.05) is 7.11 Å². The quantitative estimate of drug-likeness (QED) is 0.642. The number of methoxy groups -OCH3 is 1. The van der Waals surface area contributed by atoms with Gasteiger partial charge in [-0.05, 0) is 13.3 Å². The summed E-state index contributed by atoms with van der Waals surface area (Å²) in [5, 5.41) is 0. The number of carbonyl (C=O) groups excluding carboxylic acids is 2. The summed E-state index contributed by atoms with van der Waals surface area (Å²) in [6.45, 7) is 3.66. The molecule has 1 atom stereocenters. The zero-order valence-corrected chi connectivity index (χ0v) is 8.74. The molecule has 1 aliphatic rings. The minimum absolute atomic E-state index is 0.0568. The molecule has 0 radical (unpaired) electrons. The molecule has 1 rings (SSSR count).